The molecular formula is C18H15FN2O3. The fraction of sp³-hybridized carbons (Fsp3) is 0.111. The van der Waals surface area contributed by atoms with Crippen LogP contribution in [0.5, 0.6) is 0 Å². The van der Waals surface area contributed by atoms with E-state index in [4.69, 9.17) is 4.74 Å². The molecule has 1 aromatic heterocycles. The number of aromatic nitrogens is 1. The zero-order valence-corrected chi connectivity index (χ0v) is 12.7. The monoisotopic (exact) mass is 326 g/mol. The summed E-state index contributed by atoms with van der Waals surface area (Å²) in [4.78, 5) is 26.5. The number of H-pyrrole nitrogens is 1. The number of halogens is 1. The smallest absolute Gasteiger partial charge is 0.325 e. The van der Waals surface area contributed by atoms with E-state index in [9.17, 15) is 14.0 Å². The average Bonchev–Trinajstić information content (AvgIpc) is 3.04. The van der Waals surface area contributed by atoms with Crippen LogP contribution >= 0.6 is 0 Å². The molecule has 1 heterocycles. The number of amides is 1. The molecule has 5 nitrogen and oxygen atoms in total. The third-order valence-electron chi connectivity index (χ3n) is 3.49. The number of nitrogens with one attached hydrogen (secondary N) is 2. The van der Waals surface area contributed by atoms with Gasteiger partial charge in [-0.05, 0) is 23.8 Å². The maximum absolute atomic E-state index is 13.6. The molecule has 0 aliphatic carbocycles. The van der Waals surface area contributed by atoms with E-state index < -0.39 is 17.7 Å². The number of aromatic amines is 1. The minimum atomic E-state index is -0.547. The Kier molecular flexibility index (Phi) is 4.56. The van der Waals surface area contributed by atoms with Crippen molar-refractivity contribution < 1.29 is 18.7 Å². The van der Waals surface area contributed by atoms with Gasteiger partial charge in [-0.25, -0.2) is 4.39 Å². The second kappa shape index (κ2) is 6.95. The number of carbonyl (C=O) groups excluding carboxylic acids is 2. The lowest BCUT2D eigenvalue weighted by Gasteiger charge is -2.06. The van der Waals surface area contributed by atoms with Crippen LogP contribution in [-0.4, -0.2) is 23.4 Å². The molecule has 6 heteroatoms. The van der Waals surface area contributed by atoms with Gasteiger partial charge in [0.25, 0.3) is 5.91 Å². The summed E-state index contributed by atoms with van der Waals surface area (Å²) in [7, 11) is 0. The van der Waals surface area contributed by atoms with Crippen LogP contribution in [0, 0.1) is 5.82 Å². The van der Waals surface area contributed by atoms with Gasteiger partial charge < -0.3 is 15.0 Å². The summed E-state index contributed by atoms with van der Waals surface area (Å²) in [5.74, 6) is -1.46. The number of fused-ring (bicyclic) bond motifs is 1. The summed E-state index contributed by atoms with van der Waals surface area (Å²) in [6.45, 7) is -0.114. The van der Waals surface area contributed by atoms with Crippen molar-refractivity contribution in [3.05, 3.63) is 71.7 Å². The maximum Gasteiger partial charge on any atom is 0.325 e. The minimum absolute atomic E-state index is 0.146. The fourth-order valence-corrected chi connectivity index (χ4v) is 2.28. The van der Waals surface area contributed by atoms with E-state index in [-0.39, 0.29) is 18.8 Å². The van der Waals surface area contributed by atoms with E-state index >= 15 is 0 Å². The van der Waals surface area contributed by atoms with Crippen molar-refractivity contribution in [3.63, 3.8) is 0 Å². The van der Waals surface area contributed by atoms with Gasteiger partial charge in [-0.2, -0.15) is 0 Å². The molecule has 3 aromatic rings. The second-order valence-corrected chi connectivity index (χ2v) is 5.21. The van der Waals surface area contributed by atoms with Crippen LogP contribution in [0.25, 0.3) is 10.9 Å². The Hall–Kier alpha value is -3.15. The molecule has 2 aromatic carbocycles. The highest BCUT2D eigenvalue weighted by Crippen LogP contribution is 2.18. The lowest BCUT2D eigenvalue weighted by molar-refractivity contribution is -0.143. The van der Waals surface area contributed by atoms with Gasteiger partial charge in [-0.15, -0.1) is 0 Å². The Morgan fingerprint density at radius 1 is 1.08 bits per heavy atom. The van der Waals surface area contributed by atoms with Gasteiger partial charge in [0, 0.05) is 10.9 Å². The van der Waals surface area contributed by atoms with Crippen LogP contribution in [0.3, 0.4) is 0 Å². The number of rotatable bonds is 5. The van der Waals surface area contributed by atoms with Crippen LogP contribution in [0.4, 0.5) is 4.39 Å². The molecular weight excluding hydrogens is 311 g/mol. The third-order valence-corrected chi connectivity index (χ3v) is 3.49. The molecule has 2 N–H and O–H groups in total. The van der Waals surface area contributed by atoms with Crippen molar-refractivity contribution >= 4 is 22.8 Å². The zero-order valence-electron chi connectivity index (χ0n) is 12.7. The van der Waals surface area contributed by atoms with E-state index in [1.165, 1.54) is 12.1 Å². The SMILES string of the molecule is O=C(CNC(=O)c1cc2c(F)cccc2[nH]1)OCc1ccccc1. The van der Waals surface area contributed by atoms with Crippen LogP contribution in [0.1, 0.15) is 16.1 Å². The Morgan fingerprint density at radius 2 is 1.88 bits per heavy atom. The molecule has 0 saturated carbocycles. The minimum Gasteiger partial charge on any atom is -0.460 e. The van der Waals surface area contributed by atoms with Gasteiger partial charge in [-0.3, -0.25) is 9.59 Å². The normalized spacial score (nSPS) is 10.5. The Labute approximate surface area is 137 Å². The molecule has 24 heavy (non-hydrogen) atoms. The van der Waals surface area contributed by atoms with Crippen molar-refractivity contribution in [1.82, 2.24) is 10.3 Å². The summed E-state index contributed by atoms with van der Waals surface area (Å²) in [5.41, 5.74) is 1.57. The molecule has 122 valence electrons. The third kappa shape index (κ3) is 3.60. The van der Waals surface area contributed by atoms with Crippen LogP contribution in [0.2, 0.25) is 0 Å². The number of hydrogen-bond acceptors (Lipinski definition) is 3. The summed E-state index contributed by atoms with van der Waals surface area (Å²) in [5, 5.41) is 2.78. The van der Waals surface area contributed by atoms with E-state index in [1.54, 1.807) is 12.1 Å². The lowest BCUT2D eigenvalue weighted by atomic mass is 10.2. The van der Waals surface area contributed by atoms with E-state index in [1.807, 2.05) is 30.3 Å². The molecule has 0 saturated heterocycles. The maximum atomic E-state index is 13.6. The number of carbonyl (C=O) groups is 2. The van der Waals surface area contributed by atoms with Crippen molar-refractivity contribution in [2.45, 2.75) is 6.61 Å². The van der Waals surface area contributed by atoms with Gasteiger partial charge >= 0.3 is 5.97 Å². The fourth-order valence-electron chi connectivity index (χ4n) is 2.28. The number of esters is 1. The van der Waals surface area contributed by atoms with E-state index in [2.05, 4.69) is 10.3 Å². The molecule has 3 rings (SSSR count). The van der Waals surface area contributed by atoms with Crippen molar-refractivity contribution in [1.29, 1.82) is 0 Å². The molecule has 0 aliphatic rings. The highest BCUT2D eigenvalue weighted by molar-refractivity contribution is 5.99. The van der Waals surface area contributed by atoms with Crippen LogP contribution in [-0.2, 0) is 16.1 Å². The average molecular weight is 326 g/mol. The zero-order chi connectivity index (χ0) is 16.9. The predicted octanol–water partition coefficient (Wildman–Crippen LogP) is 2.78. The lowest BCUT2D eigenvalue weighted by Crippen LogP contribution is -2.30. The number of benzene rings is 2. The Bertz CT molecular complexity index is 874. The first-order valence-electron chi connectivity index (χ1n) is 7.38. The molecule has 0 atom stereocenters. The summed E-state index contributed by atoms with van der Waals surface area (Å²) >= 11 is 0. The topological polar surface area (TPSA) is 71.2 Å². The van der Waals surface area contributed by atoms with Gasteiger partial charge in [0.2, 0.25) is 0 Å². The largest absolute Gasteiger partial charge is 0.460 e. The van der Waals surface area contributed by atoms with E-state index in [0.717, 1.165) is 5.56 Å². The molecule has 0 spiro atoms. The Balaban J connectivity index is 1.54. The quantitative estimate of drug-likeness (QED) is 0.708. The predicted molar refractivity (Wildman–Crippen MR) is 86.8 cm³/mol. The molecule has 1 amide bonds. The summed E-state index contributed by atoms with van der Waals surface area (Å²) in [6.07, 6.45) is 0. The number of hydrogen-bond donors (Lipinski definition) is 2. The van der Waals surface area contributed by atoms with Gasteiger partial charge in [0.05, 0.1) is 0 Å². The van der Waals surface area contributed by atoms with E-state index in [0.29, 0.717) is 10.9 Å². The van der Waals surface area contributed by atoms with Gasteiger partial charge in [0.1, 0.15) is 24.7 Å². The van der Waals surface area contributed by atoms with Gasteiger partial charge in [-0.1, -0.05) is 36.4 Å². The van der Waals surface area contributed by atoms with Crippen molar-refractivity contribution in [2.24, 2.45) is 0 Å². The molecule has 0 bridgehead atoms. The van der Waals surface area contributed by atoms with Crippen molar-refractivity contribution in [2.75, 3.05) is 6.54 Å². The van der Waals surface area contributed by atoms with Gasteiger partial charge in [0.15, 0.2) is 0 Å². The van der Waals surface area contributed by atoms with Crippen LogP contribution < -0.4 is 5.32 Å². The highest BCUT2D eigenvalue weighted by Gasteiger charge is 2.13. The highest BCUT2D eigenvalue weighted by atomic mass is 19.1. The Morgan fingerprint density at radius 3 is 2.62 bits per heavy atom. The van der Waals surface area contributed by atoms with Crippen molar-refractivity contribution in [3.8, 4) is 0 Å². The summed E-state index contributed by atoms with van der Waals surface area (Å²) < 4.78 is 18.7. The van der Waals surface area contributed by atoms with Crippen LogP contribution in [0.15, 0.2) is 54.6 Å². The molecule has 0 unspecified atom stereocenters. The molecule has 0 fully saturated rings. The first-order chi connectivity index (χ1) is 11.6. The molecule has 0 aliphatic heterocycles. The second-order valence-electron chi connectivity index (χ2n) is 5.21. The first-order valence-corrected chi connectivity index (χ1v) is 7.38. The molecule has 0 radical (unpaired) electrons. The summed E-state index contributed by atoms with van der Waals surface area (Å²) in [6, 6.07) is 15.2. The first kappa shape index (κ1) is 15.7. The standard InChI is InChI=1S/C18H15FN2O3/c19-14-7-4-8-15-13(14)9-16(21-15)18(23)20-10-17(22)24-11-12-5-2-1-3-6-12/h1-9,21H,10-11H2,(H,20,23). The number of ether oxygens (including phenoxy) is 1.